The second-order valence-corrected chi connectivity index (χ2v) is 7.97. The van der Waals surface area contributed by atoms with E-state index in [4.69, 9.17) is 10.5 Å². The van der Waals surface area contributed by atoms with Crippen molar-refractivity contribution in [2.75, 3.05) is 25.1 Å². The van der Waals surface area contributed by atoms with E-state index in [2.05, 4.69) is 4.98 Å². The van der Waals surface area contributed by atoms with Gasteiger partial charge in [-0.3, -0.25) is 14.3 Å². The van der Waals surface area contributed by atoms with Crippen LogP contribution < -0.4 is 26.6 Å². The Bertz CT molecular complexity index is 1120. The van der Waals surface area contributed by atoms with E-state index in [1.54, 1.807) is 0 Å². The zero-order chi connectivity index (χ0) is 22.0. The number of H-pyrrole nitrogens is 1. The first kappa shape index (κ1) is 20.7. The molecule has 1 aromatic carbocycles. The van der Waals surface area contributed by atoms with Crippen LogP contribution in [0.3, 0.4) is 0 Å². The first-order chi connectivity index (χ1) is 14.1. The maximum absolute atomic E-state index is 15.4. The van der Waals surface area contributed by atoms with Crippen molar-refractivity contribution in [2.45, 2.75) is 44.4 Å². The standard InChI is InChI=1S/C19H22F4N4O3/c1-8-11-13(27(10-3-4-10)18(29)25-17(11)28)15(30-2)14(12(8)20)26-6-5-9(7-26)16(24)19(21,22)23/h9-10,16H,3-7,24H2,1-2H3,(H,25,28,29). The van der Waals surface area contributed by atoms with Gasteiger partial charge in [0.15, 0.2) is 11.6 Å². The molecule has 2 aromatic rings. The Kier molecular flexibility index (Phi) is 4.83. The van der Waals surface area contributed by atoms with Crippen LogP contribution in [0.15, 0.2) is 9.59 Å². The molecule has 4 rings (SSSR count). The predicted octanol–water partition coefficient (Wildman–Crippen LogP) is 2.20. The summed E-state index contributed by atoms with van der Waals surface area (Å²) in [7, 11) is 1.28. The molecular formula is C19H22F4N4O3. The van der Waals surface area contributed by atoms with Crippen molar-refractivity contribution >= 4 is 16.6 Å². The minimum absolute atomic E-state index is 0.00217. The summed E-state index contributed by atoms with van der Waals surface area (Å²) in [5.74, 6) is -1.69. The van der Waals surface area contributed by atoms with E-state index < -0.39 is 35.2 Å². The molecule has 1 aliphatic heterocycles. The van der Waals surface area contributed by atoms with Crippen LogP contribution in [0.4, 0.5) is 23.2 Å². The number of aryl methyl sites for hydroxylation is 1. The lowest BCUT2D eigenvalue weighted by Gasteiger charge is -2.26. The third-order valence-corrected chi connectivity index (χ3v) is 6.03. The molecule has 11 heteroatoms. The van der Waals surface area contributed by atoms with Gasteiger partial charge in [-0.2, -0.15) is 13.2 Å². The molecule has 0 radical (unpaired) electrons. The molecule has 0 spiro atoms. The highest BCUT2D eigenvalue weighted by molar-refractivity contribution is 5.93. The van der Waals surface area contributed by atoms with Gasteiger partial charge in [0, 0.05) is 30.6 Å². The number of hydrogen-bond donors (Lipinski definition) is 2. The molecule has 2 fully saturated rings. The van der Waals surface area contributed by atoms with Crippen molar-refractivity contribution in [3.05, 3.63) is 32.2 Å². The largest absolute Gasteiger partial charge is 0.492 e. The number of nitrogens with zero attached hydrogens (tertiary/aromatic N) is 2. The van der Waals surface area contributed by atoms with Crippen LogP contribution in [0, 0.1) is 18.7 Å². The number of methoxy groups -OCH3 is 1. The minimum Gasteiger partial charge on any atom is -0.492 e. The van der Waals surface area contributed by atoms with E-state index in [0.717, 1.165) is 12.8 Å². The van der Waals surface area contributed by atoms with Crippen molar-refractivity contribution < 1.29 is 22.3 Å². The number of anilines is 1. The minimum atomic E-state index is -4.55. The van der Waals surface area contributed by atoms with Gasteiger partial charge in [-0.1, -0.05) is 0 Å². The summed E-state index contributed by atoms with van der Waals surface area (Å²) in [6, 6.07) is -2.17. The van der Waals surface area contributed by atoms with E-state index in [9.17, 15) is 22.8 Å². The average Bonchev–Trinajstić information content (AvgIpc) is 3.38. The first-order valence-electron chi connectivity index (χ1n) is 9.68. The lowest BCUT2D eigenvalue weighted by Crippen LogP contribution is -2.44. The van der Waals surface area contributed by atoms with E-state index in [1.807, 2.05) is 0 Å². The summed E-state index contributed by atoms with van der Waals surface area (Å²) in [6.07, 6.45) is -2.97. The fraction of sp³-hybridized carbons (Fsp3) is 0.579. The van der Waals surface area contributed by atoms with Gasteiger partial charge in [0.25, 0.3) is 5.56 Å². The van der Waals surface area contributed by atoms with Crippen LogP contribution in [-0.4, -0.2) is 42.0 Å². The lowest BCUT2D eigenvalue weighted by atomic mass is 9.99. The van der Waals surface area contributed by atoms with Crippen LogP contribution in [0.1, 0.15) is 30.9 Å². The van der Waals surface area contributed by atoms with E-state index in [1.165, 1.54) is 23.5 Å². The number of aromatic nitrogens is 2. The molecule has 0 bridgehead atoms. The smallest absolute Gasteiger partial charge is 0.403 e. The quantitative estimate of drug-likeness (QED) is 0.726. The van der Waals surface area contributed by atoms with Crippen LogP contribution in [0.5, 0.6) is 5.75 Å². The number of rotatable bonds is 4. The Morgan fingerprint density at radius 2 is 1.90 bits per heavy atom. The molecule has 2 unspecified atom stereocenters. The van der Waals surface area contributed by atoms with Gasteiger partial charge in [0.2, 0.25) is 0 Å². The van der Waals surface area contributed by atoms with Crippen molar-refractivity contribution in [2.24, 2.45) is 11.7 Å². The third kappa shape index (κ3) is 3.15. The molecule has 1 saturated carbocycles. The number of alkyl halides is 3. The fourth-order valence-electron chi connectivity index (χ4n) is 4.33. The van der Waals surface area contributed by atoms with Crippen molar-refractivity contribution in [3.8, 4) is 5.75 Å². The van der Waals surface area contributed by atoms with Crippen LogP contribution in [0.25, 0.3) is 10.9 Å². The summed E-state index contributed by atoms with van der Waals surface area (Å²) in [5, 5.41) is 0.00217. The number of hydrogen-bond acceptors (Lipinski definition) is 5. The Balaban J connectivity index is 1.92. The first-order valence-corrected chi connectivity index (χ1v) is 9.68. The average molecular weight is 430 g/mol. The van der Waals surface area contributed by atoms with Crippen LogP contribution in [0.2, 0.25) is 0 Å². The zero-order valence-electron chi connectivity index (χ0n) is 16.5. The SMILES string of the molecule is COc1c(N2CCC(C(N)C(F)(F)F)C2)c(F)c(C)c2c(=O)[nH]c(=O)n(C3CC3)c12. The van der Waals surface area contributed by atoms with E-state index in [-0.39, 0.29) is 53.5 Å². The summed E-state index contributed by atoms with van der Waals surface area (Å²) >= 11 is 0. The summed E-state index contributed by atoms with van der Waals surface area (Å²) in [5.41, 5.74) is 4.16. The van der Waals surface area contributed by atoms with Gasteiger partial charge in [-0.05, 0) is 26.2 Å². The number of ether oxygens (including phenoxy) is 1. The molecule has 1 aliphatic carbocycles. The van der Waals surface area contributed by atoms with Gasteiger partial charge in [-0.25, -0.2) is 9.18 Å². The van der Waals surface area contributed by atoms with Crippen molar-refractivity contribution in [3.63, 3.8) is 0 Å². The summed E-state index contributed by atoms with van der Waals surface area (Å²) < 4.78 is 61.4. The topological polar surface area (TPSA) is 93.3 Å². The zero-order valence-corrected chi connectivity index (χ0v) is 16.5. The maximum Gasteiger partial charge on any atom is 0.403 e. The molecule has 7 nitrogen and oxygen atoms in total. The monoisotopic (exact) mass is 430 g/mol. The molecule has 164 valence electrons. The second kappa shape index (κ2) is 7.00. The van der Waals surface area contributed by atoms with Gasteiger partial charge in [0.1, 0.15) is 17.2 Å². The second-order valence-electron chi connectivity index (χ2n) is 7.97. The normalized spacial score (nSPS) is 20.8. The Morgan fingerprint density at radius 3 is 2.47 bits per heavy atom. The number of halogens is 4. The highest BCUT2D eigenvalue weighted by atomic mass is 19.4. The highest BCUT2D eigenvalue weighted by Gasteiger charge is 2.45. The number of benzene rings is 1. The van der Waals surface area contributed by atoms with Crippen LogP contribution in [-0.2, 0) is 0 Å². The fourth-order valence-corrected chi connectivity index (χ4v) is 4.33. The molecule has 2 aliphatic rings. The molecule has 1 saturated heterocycles. The van der Waals surface area contributed by atoms with Gasteiger partial charge < -0.3 is 15.4 Å². The predicted molar refractivity (Wildman–Crippen MR) is 103 cm³/mol. The molecular weight excluding hydrogens is 408 g/mol. The molecule has 2 atom stereocenters. The Morgan fingerprint density at radius 1 is 1.23 bits per heavy atom. The Hall–Kier alpha value is -2.56. The van der Waals surface area contributed by atoms with Crippen molar-refractivity contribution in [1.82, 2.24) is 9.55 Å². The molecule has 1 aromatic heterocycles. The van der Waals surface area contributed by atoms with Gasteiger partial charge in [-0.15, -0.1) is 0 Å². The number of fused-ring (bicyclic) bond motifs is 1. The number of nitrogens with two attached hydrogens (primary N) is 1. The van der Waals surface area contributed by atoms with Crippen LogP contribution >= 0.6 is 0 Å². The number of nitrogens with one attached hydrogen (secondary N) is 1. The molecule has 3 N–H and O–H groups in total. The summed E-state index contributed by atoms with van der Waals surface area (Å²) in [6.45, 7) is 1.44. The Labute approximate surface area is 168 Å². The van der Waals surface area contributed by atoms with E-state index >= 15 is 4.39 Å². The van der Waals surface area contributed by atoms with Gasteiger partial charge >= 0.3 is 11.9 Å². The van der Waals surface area contributed by atoms with Gasteiger partial charge in [0.05, 0.1) is 12.5 Å². The van der Waals surface area contributed by atoms with Crippen molar-refractivity contribution in [1.29, 1.82) is 0 Å². The third-order valence-electron chi connectivity index (χ3n) is 6.03. The van der Waals surface area contributed by atoms with E-state index in [0.29, 0.717) is 0 Å². The molecule has 2 heterocycles. The highest BCUT2D eigenvalue weighted by Crippen LogP contribution is 2.45. The lowest BCUT2D eigenvalue weighted by molar-refractivity contribution is -0.157. The number of aromatic amines is 1. The summed E-state index contributed by atoms with van der Waals surface area (Å²) in [4.78, 5) is 28.6. The molecule has 30 heavy (non-hydrogen) atoms. The molecule has 0 amide bonds. The maximum atomic E-state index is 15.4.